The van der Waals surface area contributed by atoms with Crippen LogP contribution in [0, 0.1) is 5.82 Å². The van der Waals surface area contributed by atoms with E-state index in [1.807, 2.05) is 0 Å². The molecule has 0 spiro atoms. The summed E-state index contributed by atoms with van der Waals surface area (Å²) in [6.07, 6.45) is 0.465. The van der Waals surface area contributed by atoms with E-state index in [0.29, 0.717) is 26.1 Å². The lowest BCUT2D eigenvalue weighted by molar-refractivity contribution is -0.147. The van der Waals surface area contributed by atoms with Crippen LogP contribution >= 0.6 is 0 Å². The van der Waals surface area contributed by atoms with Gasteiger partial charge in [-0.2, -0.15) is 0 Å². The molecule has 5 nitrogen and oxygen atoms in total. The highest BCUT2D eigenvalue weighted by Gasteiger charge is 2.31. The Morgan fingerprint density at radius 3 is 2.76 bits per heavy atom. The largest absolute Gasteiger partial charge is 0.480 e. The third kappa shape index (κ3) is 3.78. The minimum atomic E-state index is -0.899. The Balaban J connectivity index is 1.98. The van der Waals surface area contributed by atoms with Crippen LogP contribution in [0.3, 0.4) is 0 Å². The zero-order valence-electron chi connectivity index (χ0n) is 12.0. The van der Waals surface area contributed by atoms with Gasteiger partial charge in [0, 0.05) is 19.6 Å². The number of rotatable bonds is 5. The average molecular weight is 294 g/mol. The van der Waals surface area contributed by atoms with Crippen molar-refractivity contribution in [2.24, 2.45) is 0 Å². The molecule has 1 amide bonds. The van der Waals surface area contributed by atoms with Gasteiger partial charge in [-0.05, 0) is 24.1 Å². The maximum absolute atomic E-state index is 13.1. The minimum absolute atomic E-state index is 0.0973. The van der Waals surface area contributed by atoms with Crippen molar-refractivity contribution in [1.29, 1.82) is 0 Å². The highest BCUT2D eigenvalue weighted by Crippen LogP contribution is 2.14. The van der Waals surface area contributed by atoms with E-state index in [9.17, 15) is 14.0 Å². The van der Waals surface area contributed by atoms with Crippen molar-refractivity contribution >= 4 is 11.9 Å². The first-order chi connectivity index (χ1) is 10.0. The van der Waals surface area contributed by atoms with Crippen molar-refractivity contribution in [3.63, 3.8) is 0 Å². The number of aliphatic carboxylic acids is 1. The van der Waals surface area contributed by atoms with Crippen molar-refractivity contribution in [1.82, 2.24) is 9.80 Å². The maximum atomic E-state index is 13.1. The van der Waals surface area contributed by atoms with Gasteiger partial charge in [-0.25, -0.2) is 4.39 Å². The van der Waals surface area contributed by atoms with Crippen LogP contribution < -0.4 is 0 Å². The minimum Gasteiger partial charge on any atom is -0.480 e. The molecule has 21 heavy (non-hydrogen) atoms. The Labute approximate surface area is 123 Å². The zero-order chi connectivity index (χ0) is 15.4. The van der Waals surface area contributed by atoms with E-state index in [1.165, 1.54) is 12.1 Å². The average Bonchev–Trinajstić information content (AvgIpc) is 2.42. The van der Waals surface area contributed by atoms with Gasteiger partial charge < -0.3 is 10.0 Å². The van der Waals surface area contributed by atoms with E-state index in [-0.39, 0.29) is 18.3 Å². The van der Waals surface area contributed by atoms with Crippen LogP contribution in [-0.2, 0) is 16.1 Å². The normalized spacial score (nSPS) is 17.8. The lowest BCUT2D eigenvalue weighted by atomic mass is 10.1. The molecule has 6 heteroatoms. The highest BCUT2D eigenvalue weighted by molar-refractivity contribution is 5.81. The number of carbonyl (C=O) groups is 2. The first kappa shape index (κ1) is 15.4. The number of piperazine rings is 1. The van der Waals surface area contributed by atoms with Crippen molar-refractivity contribution in [3.8, 4) is 0 Å². The van der Waals surface area contributed by atoms with Crippen molar-refractivity contribution in [3.05, 3.63) is 35.6 Å². The summed E-state index contributed by atoms with van der Waals surface area (Å²) >= 11 is 0. The van der Waals surface area contributed by atoms with Crippen LogP contribution in [0.15, 0.2) is 24.3 Å². The van der Waals surface area contributed by atoms with E-state index >= 15 is 0 Å². The topological polar surface area (TPSA) is 60.9 Å². The lowest BCUT2D eigenvalue weighted by Crippen LogP contribution is -2.54. The fourth-order valence-corrected chi connectivity index (χ4v) is 2.60. The van der Waals surface area contributed by atoms with E-state index < -0.39 is 12.0 Å². The number of carboxylic acid groups (broad SMARTS) is 1. The molecular formula is C15H19FN2O3. The molecule has 0 saturated carbocycles. The van der Waals surface area contributed by atoms with Crippen molar-refractivity contribution < 1.29 is 19.1 Å². The van der Waals surface area contributed by atoms with E-state index in [0.717, 1.165) is 5.56 Å². The Morgan fingerprint density at radius 2 is 2.19 bits per heavy atom. The van der Waals surface area contributed by atoms with Crippen molar-refractivity contribution in [2.45, 2.75) is 25.9 Å². The zero-order valence-corrected chi connectivity index (χ0v) is 12.0. The Bertz CT molecular complexity index is 535. The Kier molecular flexibility index (Phi) is 4.90. The van der Waals surface area contributed by atoms with Crippen LogP contribution in [0.4, 0.5) is 4.39 Å². The van der Waals surface area contributed by atoms with Gasteiger partial charge in [-0.3, -0.25) is 14.5 Å². The fourth-order valence-electron chi connectivity index (χ4n) is 2.60. The molecule has 0 aromatic heterocycles. The number of carbonyl (C=O) groups excluding carboxylic acids is 1. The standard InChI is InChI=1S/C15H19FN2O3/c1-2-13(15(20)21)17-6-7-18(14(19)10-17)9-11-4-3-5-12(16)8-11/h3-5,8,13H,2,6-7,9-10H2,1H3,(H,20,21)/t13-/m0/s1. The smallest absolute Gasteiger partial charge is 0.320 e. The second-order valence-electron chi connectivity index (χ2n) is 5.18. The molecule has 0 aliphatic carbocycles. The Morgan fingerprint density at radius 1 is 1.43 bits per heavy atom. The van der Waals surface area contributed by atoms with Gasteiger partial charge in [-0.15, -0.1) is 0 Å². The monoisotopic (exact) mass is 294 g/mol. The summed E-state index contributed by atoms with van der Waals surface area (Å²) in [5.74, 6) is -1.34. The molecule has 0 radical (unpaired) electrons. The van der Waals surface area contributed by atoms with Gasteiger partial charge in [0.15, 0.2) is 0 Å². The van der Waals surface area contributed by atoms with Crippen LogP contribution in [-0.4, -0.2) is 52.5 Å². The molecule has 1 heterocycles. The molecule has 1 fully saturated rings. The van der Waals surface area contributed by atoms with E-state index in [1.54, 1.807) is 28.9 Å². The van der Waals surface area contributed by atoms with Gasteiger partial charge in [0.25, 0.3) is 0 Å². The summed E-state index contributed by atoms with van der Waals surface area (Å²) < 4.78 is 13.1. The van der Waals surface area contributed by atoms with Gasteiger partial charge in [0.1, 0.15) is 11.9 Å². The second-order valence-corrected chi connectivity index (χ2v) is 5.18. The Hall–Kier alpha value is -1.95. The van der Waals surface area contributed by atoms with E-state index in [4.69, 9.17) is 5.11 Å². The molecule has 1 aliphatic rings. The van der Waals surface area contributed by atoms with Crippen molar-refractivity contribution in [2.75, 3.05) is 19.6 Å². The summed E-state index contributed by atoms with van der Waals surface area (Å²) in [6.45, 7) is 3.22. The molecule has 1 aromatic carbocycles. The van der Waals surface area contributed by atoms with Gasteiger partial charge in [-0.1, -0.05) is 19.1 Å². The molecule has 2 rings (SSSR count). The molecule has 1 aromatic rings. The summed E-state index contributed by atoms with van der Waals surface area (Å²) in [7, 11) is 0. The predicted molar refractivity (Wildman–Crippen MR) is 75.1 cm³/mol. The SMILES string of the molecule is CC[C@@H](C(=O)O)N1CCN(Cc2cccc(F)c2)C(=O)C1. The van der Waals surface area contributed by atoms with Crippen LogP contribution in [0.1, 0.15) is 18.9 Å². The summed E-state index contributed by atoms with van der Waals surface area (Å²) in [5.41, 5.74) is 0.738. The quantitative estimate of drug-likeness (QED) is 0.890. The molecule has 0 bridgehead atoms. The maximum Gasteiger partial charge on any atom is 0.320 e. The first-order valence-electron chi connectivity index (χ1n) is 7.00. The van der Waals surface area contributed by atoms with Gasteiger partial charge in [0.2, 0.25) is 5.91 Å². The predicted octanol–water partition coefficient (Wildman–Crippen LogP) is 1.33. The molecule has 0 unspecified atom stereocenters. The molecule has 1 atom stereocenters. The van der Waals surface area contributed by atoms with Gasteiger partial charge in [0.05, 0.1) is 6.54 Å². The lowest BCUT2D eigenvalue weighted by Gasteiger charge is -2.37. The van der Waals surface area contributed by atoms with Crippen LogP contribution in [0.5, 0.6) is 0 Å². The molecule has 1 saturated heterocycles. The fraction of sp³-hybridized carbons (Fsp3) is 0.467. The molecule has 1 N–H and O–H groups in total. The number of hydrogen-bond donors (Lipinski definition) is 1. The number of halogens is 1. The first-order valence-corrected chi connectivity index (χ1v) is 7.00. The summed E-state index contributed by atoms with van der Waals surface area (Å²) in [4.78, 5) is 26.6. The van der Waals surface area contributed by atoms with E-state index in [2.05, 4.69) is 0 Å². The number of benzene rings is 1. The molecular weight excluding hydrogens is 275 g/mol. The third-order valence-electron chi connectivity index (χ3n) is 3.72. The summed E-state index contributed by atoms with van der Waals surface area (Å²) in [5, 5.41) is 9.14. The van der Waals surface area contributed by atoms with Crippen LogP contribution in [0.2, 0.25) is 0 Å². The van der Waals surface area contributed by atoms with Crippen LogP contribution in [0.25, 0.3) is 0 Å². The van der Waals surface area contributed by atoms with Gasteiger partial charge >= 0.3 is 5.97 Å². The second kappa shape index (κ2) is 6.67. The highest BCUT2D eigenvalue weighted by atomic mass is 19.1. The molecule has 1 aliphatic heterocycles. The molecule has 114 valence electrons. The summed E-state index contributed by atoms with van der Waals surface area (Å²) in [6, 6.07) is 5.54. The third-order valence-corrected chi connectivity index (χ3v) is 3.72. The number of nitrogens with zero attached hydrogens (tertiary/aromatic N) is 2. The number of hydrogen-bond acceptors (Lipinski definition) is 3. The number of carboxylic acids is 1. The number of amides is 1.